The quantitative estimate of drug-likeness (QED) is 0.693. The van der Waals surface area contributed by atoms with Crippen LogP contribution >= 0.6 is 0 Å². The van der Waals surface area contributed by atoms with Crippen molar-refractivity contribution >= 4 is 0 Å². The lowest BCUT2D eigenvalue weighted by Gasteiger charge is -2.42. The lowest BCUT2D eigenvalue weighted by Crippen LogP contribution is -2.58. The van der Waals surface area contributed by atoms with Crippen molar-refractivity contribution in [3.05, 3.63) is 0 Å². The monoisotopic (exact) mass is 213 g/mol. The van der Waals surface area contributed by atoms with Crippen molar-refractivity contribution in [1.82, 2.24) is 0 Å². The van der Waals surface area contributed by atoms with Gasteiger partial charge >= 0.3 is 0 Å². The molecule has 0 aliphatic heterocycles. The maximum atomic E-state index is 10.7. The predicted octanol–water partition coefficient (Wildman–Crippen LogP) is 2.84. The van der Waals surface area contributed by atoms with Crippen molar-refractivity contribution < 1.29 is 5.11 Å². The number of rotatable bonds is 2. The molecule has 1 fully saturated rings. The van der Waals surface area contributed by atoms with E-state index in [0.29, 0.717) is 5.41 Å². The van der Waals surface area contributed by atoms with Crippen LogP contribution in [0.2, 0.25) is 0 Å². The largest absolute Gasteiger partial charge is 0.388 e. The van der Waals surface area contributed by atoms with Gasteiger partial charge in [0.05, 0.1) is 5.60 Å². The Bertz CT molecular complexity index is 223. The third kappa shape index (κ3) is 2.73. The first kappa shape index (κ1) is 13.0. The molecule has 3 N–H and O–H groups in total. The molecule has 0 aromatic carbocycles. The molecule has 90 valence electrons. The van der Waals surface area contributed by atoms with Crippen molar-refractivity contribution in [3.63, 3.8) is 0 Å². The fourth-order valence-electron chi connectivity index (χ4n) is 2.55. The van der Waals surface area contributed by atoms with E-state index < -0.39 is 11.1 Å². The normalized spacial score (nSPS) is 35.6. The molecule has 1 rings (SSSR count). The molecule has 1 saturated carbocycles. The zero-order valence-electron chi connectivity index (χ0n) is 10.8. The summed E-state index contributed by atoms with van der Waals surface area (Å²) in [5.41, 5.74) is 5.51. The van der Waals surface area contributed by atoms with Crippen molar-refractivity contribution in [2.75, 3.05) is 0 Å². The van der Waals surface area contributed by atoms with Gasteiger partial charge in [0.15, 0.2) is 0 Å². The maximum Gasteiger partial charge on any atom is 0.0823 e. The molecule has 2 unspecified atom stereocenters. The highest BCUT2D eigenvalue weighted by Gasteiger charge is 2.44. The van der Waals surface area contributed by atoms with E-state index in [1.165, 1.54) is 6.42 Å². The first-order valence-corrected chi connectivity index (χ1v) is 6.24. The van der Waals surface area contributed by atoms with Crippen LogP contribution in [-0.4, -0.2) is 16.2 Å². The van der Waals surface area contributed by atoms with Crippen LogP contribution in [0, 0.1) is 5.41 Å². The van der Waals surface area contributed by atoms with Gasteiger partial charge in [-0.05, 0) is 50.9 Å². The summed E-state index contributed by atoms with van der Waals surface area (Å²) < 4.78 is 0. The smallest absolute Gasteiger partial charge is 0.0823 e. The number of hydrogen-bond donors (Lipinski definition) is 2. The Hall–Kier alpha value is -0.0800. The van der Waals surface area contributed by atoms with E-state index >= 15 is 0 Å². The minimum atomic E-state index is -0.657. The summed E-state index contributed by atoms with van der Waals surface area (Å²) in [6.45, 7) is 8.64. The first-order chi connectivity index (χ1) is 6.72. The summed E-state index contributed by atoms with van der Waals surface area (Å²) in [6, 6.07) is 0. The SMILES string of the molecule is CCC(C)(N)C1(O)CCCC(C)(C)CC1. The summed E-state index contributed by atoms with van der Waals surface area (Å²) in [6.07, 6.45) is 5.92. The van der Waals surface area contributed by atoms with Gasteiger partial charge in [-0.25, -0.2) is 0 Å². The Kier molecular flexibility index (Phi) is 3.52. The molecule has 0 amide bonds. The van der Waals surface area contributed by atoms with Crippen LogP contribution < -0.4 is 5.73 Å². The van der Waals surface area contributed by atoms with Crippen LogP contribution in [-0.2, 0) is 0 Å². The minimum Gasteiger partial charge on any atom is -0.388 e. The number of nitrogens with two attached hydrogens (primary N) is 1. The minimum absolute atomic E-state index is 0.369. The third-order valence-electron chi connectivity index (χ3n) is 4.46. The molecule has 0 aromatic rings. The molecule has 0 aromatic heterocycles. The average molecular weight is 213 g/mol. The molecule has 1 aliphatic carbocycles. The van der Waals surface area contributed by atoms with E-state index in [1.54, 1.807) is 0 Å². The second kappa shape index (κ2) is 4.06. The van der Waals surface area contributed by atoms with Gasteiger partial charge in [-0.2, -0.15) is 0 Å². The Morgan fingerprint density at radius 2 is 1.80 bits per heavy atom. The second-order valence-corrected chi connectivity index (χ2v) is 6.32. The van der Waals surface area contributed by atoms with Gasteiger partial charge in [0.2, 0.25) is 0 Å². The molecule has 0 saturated heterocycles. The Morgan fingerprint density at radius 3 is 2.33 bits per heavy atom. The fraction of sp³-hybridized carbons (Fsp3) is 1.00. The third-order valence-corrected chi connectivity index (χ3v) is 4.46. The first-order valence-electron chi connectivity index (χ1n) is 6.24. The highest BCUT2D eigenvalue weighted by molar-refractivity contribution is 5.01. The molecule has 2 atom stereocenters. The topological polar surface area (TPSA) is 46.2 Å². The summed E-state index contributed by atoms with van der Waals surface area (Å²) in [5, 5.41) is 10.7. The van der Waals surface area contributed by atoms with Crippen LogP contribution in [0.4, 0.5) is 0 Å². The zero-order valence-corrected chi connectivity index (χ0v) is 10.8. The van der Waals surface area contributed by atoms with Crippen LogP contribution in [0.5, 0.6) is 0 Å². The van der Waals surface area contributed by atoms with Gasteiger partial charge in [0.1, 0.15) is 0 Å². The molecule has 0 spiro atoms. The molecule has 0 bridgehead atoms. The zero-order chi connectivity index (χ0) is 11.7. The lowest BCUT2D eigenvalue weighted by atomic mass is 9.74. The van der Waals surface area contributed by atoms with Gasteiger partial charge in [-0.1, -0.05) is 20.8 Å². The van der Waals surface area contributed by atoms with Gasteiger partial charge in [-0.15, -0.1) is 0 Å². The molecule has 0 heterocycles. The molecule has 15 heavy (non-hydrogen) atoms. The highest BCUT2D eigenvalue weighted by Crippen LogP contribution is 2.42. The Morgan fingerprint density at radius 1 is 1.20 bits per heavy atom. The number of hydrogen-bond acceptors (Lipinski definition) is 2. The maximum absolute atomic E-state index is 10.7. The van der Waals surface area contributed by atoms with Crippen molar-refractivity contribution in [3.8, 4) is 0 Å². The molecule has 2 nitrogen and oxygen atoms in total. The Balaban J connectivity index is 2.79. The second-order valence-electron chi connectivity index (χ2n) is 6.32. The van der Waals surface area contributed by atoms with E-state index in [0.717, 1.165) is 32.1 Å². The van der Waals surface area contributed by atoms with Gasteiger partial charge in [-0.3, -0.25) is 0 Å². The molecular formula is C13H27NO. The highest BCUT2D eigenvalue weighted by atomic mass is 16.3. The fourth-order valence-corrected chi connectivity index (χ4v) is 2.55. The van der Waals surface area contributed by atoms with Gasteiger partial charge in [0, 0.05) is 5.54 Å². The molecule has 0 radical (unpaired) electrons. The summed E-state index contributed by atoms with van der Waals surface area (Å²) in [5.74, 6) is 0. The summed E-state index contributed by atoms with van der Waals surface area (Å²) >= 11 is 0. The number of aliphatic hydroxyl groups is 1. The predicted molar refractivity (Wildman–Crippen MR) is 64.7 cm³/mol. The van der Waals surface area contributed by atoms with Crippen molar-refractivity contribution in [1.29, 1.82) is 0 Å². The van der Waals surface area contributed by atoms with Gasteiger partial charge < -0.3 is 10.8 Å². The van der Waals surface area contributed by atoms with Crippen LogP contribution in [0.25, 0.3) is 0 Å². The summed E-state index contributed by atoms with van der Waals surface area (Å²) in [7, 11) is 0. The van der Waals surface area contributed by atoms with Crippen molar-refractivity contribution in [2.45, 2.75) is 77.4 Å². The van der Waals surface area contributed by atoms with Crippen molar-refractivity contribution in [2.24, 2.45) is 11.1 Å². The van der Waals surface area contributed by atoms with Crippen LogP contribution in [0.15, 0.2) is 0 Å². The van der Waals surface area contributed by atoms with E-state index in [9.17, 15) is 5.11 Å². The van der Waals surface area contributed by atoms with Gasteiger partial charge in [0.25, 0.3) is 0 Å². The Labute approximate surface area is 94.2 Å². The van der Waals surface area contributed by atoms with Crippen LogP contribution in [0.1, 0.15) is 66.2 Å². The lowest BCUT2D eigenvalue weighted by molar-refractivity contribution is -0.0449. The van der Waals surface area contributed by atoms with Crippen LogP contribution in [0.3, 0.4) is 0 Å². The van der Waals surface area contributed by atoms with E-state index in [2.05, 4.69) is 20.8 Å². The summed E-state index contributed by atoms with van der Waals surface area (Å²) in [4.78, 5) is 0. The molecular weight excluding hydrogens is 186 g/mol. The molecule has 2 heteroatoms. The van der Waals surface area contributed by atoms with E-state index in [4.69, 9.17) is 5.73 Å². The standard InChI is InChI=1S/C13H27NO/c1-5-12(4,14)13(15)8-6-7-11(2,3)9-10-13/h15H,5-10,14H2,1-4H3. The average Bonchev–Trinajstić information content (AvgIpc) is 2.27. The molecule has 1 aliphatic rings. The van der Waals surface area contributed by atoms with E-state index in [-0.39, 0.29) is 0 Å². The van der Waals surface area contributed by atoms with E-state index in [1.807, 2.05) is 6.92 Å².